The van der Waals surface area contributed by atoms with E-state index in [0.717, 1.165) is 22.9 Å². The average molecular weight is 455 g/mol. The second kappa shape index (κ2) is 8.69. The van der Waals surface area contributed by atoms with Crippen LogP contribution in [0.4, 0.5) is 11.4 Å². The summed E-state index contributed by atoms with van der Waals surface area (Å²) >= 11 is 12.2. The SMILES string of the molecule is Cc1ccc([C@H]2[C@@H](c3ccccn3)NC(=S)N2c2ccc(NC(=O)C(C)C)c(Cl)c2)o1. The smallest absolute Gasteiger partial charge is 0.226 e. The number of hydrogen-bond donors (Lipinski definition) is 2. The molecule has 2 atom stereocenters. The number of pyridine rings is 1. The molecule has 4 rings (SSSR count). The third-order valence-electron chi connectivity index (χ3n) is 5.16. The Morgan fingerprint density at radius 3 is 2.68 bits per heavy atom. The summed E-state index contributed by atoms with van der Waals surface area (Å²) in [7, 11) is 0. The molecular formula is C23H23ClN4O2S. The van der Waals surface area contributed by atoms with E-state index in [-0.39, 0.29) is 23.9 Å². The van der Waals surface area contributed by atoms with Crippen molar-refractivity contribution in [2.24, 2.45) is 5.92 Å². The Morgan fingerprint density at radius 2 is 2.06 bits per heavy atom. The molecule has 0 aliphatic carbocycles. The number of anilines is 2. The van der Waals surface area contributed by atoms with Crippen LogP contribution in [0.3, 0.4) is 0 Å². The minimum absolute atomic E-state index is 0.0906. The number of halogens is 1. The Labute approximate surface area is 191 Å². The summed E-state index contributed by atoms with van der Waals surface area (Å²) in [6.45, 7) is 5.58. The number of aryl methyl sites for hydroxylation is 1. The highest BCUT2D eigenvalue weighted by Crippen LogP contribution is 2.43. The minimum atomic E-state index is -0.247. The molecule has 3 heterocycles. The fraction of sp³-hybridized carbons (Fsp3) is 0.261. The molecule has 6 nitrogen and oxygen atoms in total. The quantitative estimate of drug-likeness (QED) is 0.502. The van der Waals surface area contributed by atoms with E-state index in [2.05, 4.69) is 15.6 Å². The van der Waals surface area contributed by atoms with Crippen LogP contribution in [0.2, 0.25) is 5.02 Å². The molecule has 1 aliphatic heterocycles. The maximum atomic E-state index is 12.1. The van der Waals surface area contributed by atoms with Crippen molar-refractivity contribution < 1.29 is 9.21 Å². The van der Waals surface area contributed by atoms with Crippen LogP contribution in [0.25, 0.3) is 0 Å². The van der Waals surface area contributed by atoms with Gasteiger partial charge in [0.05, 0.1) is 22.4 Å². The third-order valence-corrected chi connectivity index (χ3v) is 5.79. The molecule has 0 saturated carbocycles. The zero-order chi connectivity index (χ0) is 22.1. The summed E-state index contributed by atoms with van der Waals surface area (Å²) in [5.41, 5.74) is 2.22. The predicted octanol–water partition coefficient (Wildman–Crippen LogP) is 5.41. The minimum Gasteiger partial charge on any atom is -0.464 e. The second-order valence-electron chi connectivity index (χ2n) is 7.75. The van der Waals surface area contributed by atoms with Gasteiger partial charge in [-0.3, -0.25) is 9.78 Å². The van der Waals surface area contributed by atoms with Crippen LogP contribution < -0.4 is 15.5 Å². The molecular weight excluding hydrogens is 432 g/mol. The topological polar surface area (TPSA) is 70.4 Å². The number of amides is 1. The fourth-order valence-corrected chi connectivity index (χ4v) is 4.13. The summed E-state index contributed by atoms with van der Waals surface area (Å²) in [5.74, 6) is 1.36. The van der Waals surface area contributed by atoms with Crippen molar-refractivity contribution in [3.8, 4) is 0 Å². The third kappa shape index (κ3) is 4.29. The monoisotopic (exact) mass is 454 g/mol. The van der Waals surface area contributed by atoms with Crippen molar-refractivity contribution in [2.45, 2.75) is 32.9 Å². The predicted molar refractivity (Wildman–Crippen MR) is 126 cm³/mol. The van der Waals surface area contributed by atoms with Crippen LogP contribution in [0.15, 0.2) is 59.1 Å². The van der Waals surface area contributed by atoms with Gasteiger partial charge >= 0.3 is 0 Å². The number of benzene rings is 1. The van der Waals surface area contributed by atoms with Crippen molar-refractivity contribution in [1.29, 1.82) is 0 Å². The molecule has 1 aliphatic rings. The lowest BCUT2D eigenvalue weighted by Gasteiger charge is -2.26. The molecule has 8 heteroatoms. The largest absolute Gasteiger partial charge is 0.464 e. The highest BCUT2D eigenvalue weighted by molar-refractivity contribution is 7.80. The molecule has 1 aromatic carbocycles. The van der Waals surface area contributed by atoms with Gasteiger partial charge in [-0.1, -0.05) is 31.5 Å². The molecule has 1 saturated heterocycles. The number of nitrogens with one attached hydrogen (secondary N) is 2. The maximum absolute atomic E-state index is 12.1. The number of furan rings is 1. The van der Waals surface area contributed by atoms with Crippen LogP contribution in [-0.2, 0) is 4.79 Å². The number of rotatable bonds is 5. The van der Waals surface area contributed by atoms with Gasteiger partial charge in [-0.25, -0.2) is 0 Å². The molecule has 31 heavy (non-hydrogen) atoms. The van der Waals surface area contributed by atoms with E-state index in [9.17, 15) is 4.79 Å². The highest BCUT2D eigenvalue weighted by atomic mass is 35.5. The lowest BCUT2D eigenvalue weighted by Crippen LogP contribution is -2.29. The van der Waals surface area contributed by atoms with Crippen LogP contribution in [0.5, 0.6) is 0 Å². The normalized spacial score (nSPS) is 18.4. The van der Waals surface area contributed by atoms with Gasteiger partial charge in [0.15, 0.2) is 5.11 Å². The molecule has 0 unspecified atom stereocenters. The van der Waals surface area contributed by atoms with Gasteiger partial charge in [-0.05, 0) is 61.6 Å². The summed E-state index contributed by atoms with van der Waals surface area (Å²) in [5, 5.41) is 7.21. The molecule has 0 spiro atoms. The summed E-state index contributed by atoms with van der Waals surface area (Å²) in [6.07, 6.45) is 1.76. The van der Waals surface area contributed by atoms with Crippen molar-refractivity contribution >= 4 is 46.2 Å². The van der Waals surface area contributed by atoms with Crippen molar-refractivity contribution in [1.82, 2.24) is 10.3 Å². The van der Waals surface area contributed by atoms with Gasteiger partial charge in [0.25, 0.3) is 0 Å². The van der Waals surface area contributed by atoms with E-state index in [1.807, 2.05) is 62.1 Å². The van der Waals surface area contributed by atoms with Crippen molar-refractivity contribution in [2.75, 3.05) is 10.2 Å². The zero-order valence-corrected chi connectivity index (χ0v) is 19.0. The van der Waals surface area contributed by atoms with E-state index < -0.39 is 0 Å². The molecule has 2 aromatic heterocycles. The lowest BCUT2D eigenvalue weighted by atomic mass is 10.0. The Morgan fingerprint density at radius 1 is 1.26 bits per heavy atom. The number of hydrogen-bond acceptors (Lipinski definition) is 4. The van der Waals surface area contributed by atoms with Crippen LogP contribution in [0.1, 0.15) is 43.1 Å². The average Bonchev–Trinajstić information content (AvgIpc) is 3.32. The molecule has 3 aromatic rings. The second-order valence-corrected chi connectivity index (χ2v) is 8.55. The molecule has 1 amide bonds. The van der Waals surface area contributed by atoms with Crippen LogP contribution >= 0.6 is 23.8 Å². The first-order valence-electron chi connectivity index (χ1n) is 10.0. The first kappa shape index (κ1) is 21.3. The van der Waals surface area contributed by atoms with Gasteiger partial charge < -0.3 is 20.0 Å². The standard InChI is InChI=1S/C23H23ClN4O2S/c1-13(2)22(29)26-17-9-8-15(12-16(17)24)28-21(19-10-7-14(3)30-19)20(27-23(28)31)18-6-4-5-11-25-18/h4-13,20-21H,1-3H3,(H,26,29)(H,27,31)/t20-,21+/m1/s1. The van der Waals surface area contributed by atoms with E-state index in [4.69, 9.17) is 28.2 Å². The number of thiocarbonyl (C=S) groups is 1. The Balaban J connectivity index is 1.73. The molecule has 0 radical (unpaired) electrons. The zero-order valence-electron chi connectivity index (χ0n) is 17.4. The van der Waals surface area contributed by atoms with Gasteiger partial charge in [0.2, 0.25) is 5.91 Å². The number of nitrogens with zero attached hydrogens (tertiary/aromatic N) is 2. The molecule has 0 bridgehead atoms. The van der Waals surface area contributed by atoms with E-state index >= 15 is 0 Å². The number of carbonyl (C=O) groups is 1. The first-order valence-corrected chi connectivity index (χ1v) is 10.8. The lowest BCUT2D eigenvalue weighted by molar-refractivity contribution is -0.118. The molecule has 1 fully saturated rings. The van der Waals surface area contributed by atoms with Crippen LogP contribution in [-0.4, -0.2) is 16.0 Å². The van der Waals surface area contributed by atoms with Gasteiger partial charge in [0, 0.05) is 17.8 Å². The van der Waals surface area contributed by atoms with Crippen molar-refractivity contribution in [3.05, 3.63) is 77.0 Å². The Bertz CT molecular complexity index is 1120. The van der Waals surface area contributed by atoms with Crippen molar-refractivity contribution in [3.63, 3.8) is 0 Å². The van der Waals surface area contributed by atoms with Gasteiger partial charge in [-0.15, -0.1) is 0 Å². The Hall–Kier alpha value is -2.90. The number of carbonyl (C=O) groups excluding carboxylic acids is 1. The van der Waals surface area contributed by atoms with Gasteiger partial charge in [0.1, 0.15) is 17.6 Å². The van der Waals surface area contributed by atoms with Gasteiger partial charge in [-0.2, -0.15) is 0 Å². The molecule has 160 valence electrons. The van der Waals surface area contributed by atoms with E-state index in [1.54, 1.807) is 18.3 Å². The first-order chi connectivity index (χ1) is 14.8. The van der Waals surface area contributed by atoms with E-state index in [0.29, 0.717) is 15.8 Å². The number of aromatic nitrogens is 1. The maximum Gasteiger partial charge on any atom is 0.226 e. The summed E-state index contributed by atoms with van der Waals surface area (Å²) < 4.78 is 5.99. The van der Waals surface area contributed by atoms with E-state index in [1.165, 1.54) is 0 Å². The Kier molecular flexibility index (Phi) is 5.98. The summed E-state index contributed by atoms with van der Waals surface area (Å²) in [4.78, 5) is 18.6. The molecule has 2 N–H and O–H groups in total. The summed E-state index contributed by atoms with van der Waals surface area (Å²) in [6, 6.07) is 14.7. The van der Waals surface area contributed by atoms with Crippen LogP contribution in [0, 0.1) is 12.8 Å². The highest BCUT2D eigenvalue weighted by Gasteiger charge is 2.42. The fourth-order valence-electron chi connectivity index (χ4n) is 3.57.